The SMILES string of the molecule is CCC(C)CC(C)(C)CC(=O)O. The molecule has 0 fully saturated rings. The third-order valence-electron chi connectivity index (χ3n) is 2.23. The normalized spacial score (nSPS) is 14.3. The average Bonchev–Trinajstić information content (AvgIpc) is 1.83. The lowest BCUT2D eigenvalue weighted by Crippen LogP contribution is -2.19. The van der Waals surface area contributed by atoms with Crippen LogP contribution in [0.3, 0.4) is 0 Å². The minimum absolute atomic E-state index is 0.0543. The van der Waals surface area contributed by atoms with Crippen LogP contribution in [0.15, 0.2) is 0 Å². The summed E-state index contributed by atoms with van der Waals surface area (Å²) in [4.78, 5) is 10.5. The van der Waals surface area contributed by atoms with Crippen molar-refractivity contribution in [3.05, 3.63) is 0 Å². The van der Waals surface area contributed by atoms with Crippen LogP contribution < -0.4 is 0 Å². The molecule has 0 saturated carbocycles. The lowest BCUT2D eigenvalue weighted by Gasteiger charge is -2.25. The monoisotopic (exact) mass is 172 g/mol. The van der Waals surface area contributed by atoms with Crippen LogP contribution in [0.25, 0.3) is 0 Å². The number of carboxylic acid groups (broad SMARTS) is 1. The maximum absolute atomic E-state index is 10.5. The molecule has 2 heteroatoms. The molecule has 0 aromatic rings. The fourth-order valence-corrected chi connectivity index (χ4v) is 1.57. The Labute approximate surface area is 75.0 Å². The molecule has 0 aromatic heterocycles. The van der Waals surface area contributed by atoms with E-state index in [9.17, 15) is 4.79 Å². The maximum atomic E-state index is 10.5. The molecule has 0 heterocycles. The predicted molar refractivity (Wildman–Crippen MR) is 50.1 cm³/mol. The predicted octanol–water partition coefficient (Wildman–Crippen LogP) is 2.92. The first-order chi connectivity index (χ1) is 5.37. The zero-order chi connectivity index (χ0) is 9.78. The molecule has 1 atom stereocenters. The van der Waals surface area contributed by atoms with Gasteiger partial charge in [0.2, 0.25) is 0 Å². The highest BCUT2D eigenvalue weighted by atomic mass is 16.4. The molecule has 0 aliphatic rings. The topological polar surface area (TPSA) is 37.3 Å². The highest BCUT2D eigenvalue weighted by Gasteiger charge is 2.23. The van der Waals surface area contributed by atoms with Gasteiger partial charge in [-0.1, -0.05) is 34.1 Å². The molecule has 0 radical (unpaired) electrons. The Morgan fingerprint density at radius 2 is 2.00 bits per heavy atom. The molecule has 0 bridgehead atoms. The number of carboxylic acids is 1. The van der Waals surface area contributed by atoms with Gasteiger partial charge in [0.15, 0.2) is 0 Å². The van der Waals surface area contributed by atoms with Crippen LogP contribution in [0.2, 0.25) is 0 Å². The Balaban J connectivity index is 3.94. The molecule has 12 heavy (non-hydrogen) atoms. The Kier molecular flexibility index (Phi) is 4.29. The number of aliphatic carboxylic acids is 1. The van der Waals surface area contributed by atoms with Crippen LogP contribution in [-0.4, -0.2) is 11.1 Å². The summed E-state index contributed by atoms with van der Waals surface area (Å²) in [5, 5.41) is 8.63. The quantitative estimate of drug-likeness (QED) is 0.692. The Hall–Kier alpha value is -0.530. The van der Waals surface area contributed by atoms with Gasteiger partial charge in [0, 0.05) is 0 Å². The Morgan fingerprint density at radius 1 is 1.50 bits per heavy atom. The van der Waals surface area contributed by atoms with E-state index in [0.717, 1.165) is 12.8 Å². The second-order valence-corrected chi connectivity index (χ2v) is 4.45. The summed E-state index contributed by atoms with van der Waals surface area (Å²) < 4.78 is 0. The molecule has 0 aliphatic heterocycles. The summed E-state index contributed by atoms with van der Waals surface area (Å²) in [5.74, 6) is -0.0670. The van der Waals surface area contributed by atoms with Gasteiger partial charge in [-0.05, 0) is 17.8 Å². The fraction of sp³-hybridized carbons (Fsp3) is 0.900. The average molecular weight is 172 g/mol. The molecule has 0 spiro atoms. The van der Waals surface area contributed by atoms with Crippen molar-refractivity contribution in [3.63, 3.8) is 0 Å². The third kappa shape index (κ3) is 5.16. The lowest BCUT2D eigenvalue weighted by molar-refractivity contribution is -0.139. The zero-order valence-corrected chi connectivity index (χ0v) is 8.55. The highest BCUT2D eigenvalue weighted by molar-refractivity contribution is 5.67. The van der Waals surface area contributed by atoms with Crippen molar-refractivity contribution < 1.29 is 9.90 Å². The van der Waals surface area contributed by atoms with E-state index in [4.69, 9.17) is 5.11 Å². The van der Waals surface area contributed by atoms with Crippen LogP contribution in [0.4, 0.5) is 0 Å². The summed E-state index contributed by atoms with van der Waals surface area (Å²) >= 11 is 0. The molecule has 0 rings (SSSR count). The molecule has 0 amide bonds. The first kappa shape index (κ1) is 11.5. The molecule has 1 unspecified atom stereocenters. The van der Waals surface area contributed by atoms with Crippen LogP contribution in [0.5, 0.6) is 0 Å². The second-order valence-electron chi connectivity index (χ2n) is 4.45. The first-order valence-corrected chi connectivity index (χ1v) is 4.59. The Morgan fingerprint density at radius 3 is 2.33 bits per heavy atom. The number of carbonyl (C=O) groups is 1. The summed E-state index contributed by atoms with van der Waals surface area (Å²) in [6.07, 6.45) is 2.40. The lowest BCUT2D eigenvalue weighted by atomic mass is 9.80. The molecule has 2 nitrogen and oxygen atoms in total. The summed E-state index contributed by atoms with van der Waals surface area (Å²) in [6, 6.07) is 0. The van der Waals surface area contributed by atoms with E-state index < -0.39 is 5.97 Å². The van der Waals surface area contributed by atoms with E-state index in [1.54, 1.807) is 0 Å². The number of hydrogen-bond acceptors (Lipinski definition) is 1. The van der Waals surface area contributed by atoms with Crippen molar-refractivity contribution in [1.82, 2.24) is 0 Å². The minimum atomic E-state index is -0.691. The van der Waals surface area contributed by atoms with Gasteiger partial charge in [0.05, 0.1) is 6.42 Å². The van der Waals surface area contributed by atoms with E-state index >= 15 is 0 Å². The largest absolute Gasteiger partial charge is 0.481 e. The fourth-order valence-electron chi connectivity index (χ4n) is 1.57. The van der Waals surface area contributed by atoms with Crippen molar-refractivity contribution in [3.8, 4) is 0 Å². The molecule has 0 aliphatic carbocycles. The number of hydrogen-bond donors (Lipinski definition) is 1. The molecule has 0 aromatic carbocycles. The van der Waals surface area contributed by atoms with Gasteiger partial charge in [-0.15, -0.1) is 0 Å². The van der Waals surface area contributed by atoms with E-state index in [2.05, 4.69) is 13.8 Å². The van der Waals surface area contributed by atoms with E-state index in [1.807, 2.05) is 13.8 Å². The molecule has 1 N–H and O–H groups in total. The summed E-state index contributed by atoms with van der Waals surface area (Å²) in [7, 11) is 0. The van der Waals surface area contributed by atoms with E-state index in [0.29, 0.717) is 5.92 Å². The van der Waals surface area contributed by atoms with Gasteiger partial charge < -0.3 is 5.11 Å². The standard InChI is InChI=1S/C10H20O2/c1-5-8(2)6-10(3,4)7-9(11)12/h8H,5-7H2,1-4H3,(H,11,12). The maximum Gasteiger partial charge on any atom is 0.303 e. The highest BCUT2D eigenvalue weighted by Crippen LogP contribution is 2.30. The molecule has 0 saturated heterocycles. The first-order valence-electron chi connectivity index (χ1n) is 4.59. The van der Waals surface area contributed by atoms with Gasteiger partial charge in [-0.2, -0.15) is 0 Å². The minimum Gasteiger partial charge on any atom is -0.481 e. The smallest absolute Gasteiger partial charge is 0.303 e. The third-order valence-corrected chi connectivity index (χ3v) is 2.23. The van der Waals surface area contributed by atoms with Gasteiger partial charge in [-0.3, -0.25) is 4.79 Å². The van der Waals surface area contributed by atoms with Crippen molar-refractivity contribution in [2.24, 2.45) is 11.3 Å². The van der Waals surface area contributed by atoms with Crippen LogP contribution in [-0.2, 0) is 4.79 Å². The van der Waals surface area contributed by atoms with Gasteiger partial charge in [-0.25, -0.2) is 0 Å². The molecule has 72 valence electrons. The van der Waals surface area contributed by atoms with Crippen LogP contribution in [0.1, 0.15) is 47.0 Å². The van der Waals surface area contributed by atoms with Gasteiger partial charge in [0.25, 0.3) is 0 Å². The van der Waals surface area contributed by atoms with Crippen molar-refractivity contribution in [2.45, 2.75) is 47.0 Å². The van der Waals surface area contributed by atoms with Gasteiger partial charge in [0.1, 0.15) is 0 Å². The van der Waals surface area contributed by atoms with E-state index in [1.165, 1.54) is 0 Å². The molecular weight excluding hydrogens is 152 g/mol. The summed E-state index contributed by atoms with van der Waals surface area (Å²) in [5.41, 5.74) is -0.0543. The van der Waals surface area contributed by atoms with Gasteiger partial charge >= 0.3 is 5.97 Å². The van der Waals surface area contributed by atoms with Crippen molar-refractivity contribution >= 4 is 5.97 Å². The van der Waals surface area contributed by atoms with Crippen LogP contribution >= 0.6 is 0 Å². The van der Waals surface area contributed by atoms with E-state index in [-0.39, 0.29) is 11.8 Å². The summed E-state index contributed by atoms with van der Waals surface area (Å²) in [6.45, 7) is 8.35. The number of rotatable bonds is 5. The van der Waals surface area contributed by atoms with Crippen molar-refractivity contribution in [2.75, 3.05) is 0 Å². The second kappa shape index (κ2) is 4.48. The zero-order valence-electron chi connectivity index (χ0n) is 8.55. The van der Waals surface area contributed by atoms with Crippen molar-refractivity contribution in [1.29, 1.82) is 0 Å². The van der Waals surface area contributed by atoms with Crippen LogP contribution in [0, 0.1) is 11.3 Å². The Bertz CT molecular complexity index is 150. The molecular formula is C10H20O2.